The third-order valence-electron chi connectivity index (χ3n) is 4.97. The second kappa shape index (κ2) is 9.97. The Morgan fingerprint density at radius 3 is 2.67 bits per heavy atom. The second-order valence-corrected chi connectivity index (χ2v) is 6.96. The summed E-state index contributed by atoms with van der Waals surface area (Å²) in [7, 11) is 1.78. The van der Waals surface area contributed by atoms with E-state index in [1.807, 2.05) is 30.3 Å². The molecule has 144 valence electrons. The van der Waals surface area contributed by atoms with Gasteiger partial charge in [0.25, 0.3) is 0 Å². The van der Waals surface area contributed by atoms with E-state index in [1.165, 1.54) is 11.3 Å². The molecule has 0 radical (unpaired) electrons. The molecule has 27 heavy (non-hydrogen) atoms. The molecule has 0 aromatic heterocycles. The average Bonchev–Trinajstić information content (AvgIpc) is 2.72. The molecule has 3 rings (SSSR count). The minimum absolute atomic E-state index is 0.159. The van der Waals surface area contributed by atoms with Crippen LogP contribution in [0, 0.1) is 0 Å². The van der Waals surface area contributed by atoms with E-state index in [9.17, 15) is 4.79 Å². The van der Waals surface area contributed by atoms with Gasteiger partial charge in [0.2, 0.25) is 0 Å². The van der Waals surface area contributed by atoms with E-state index in [4.69, 9.17) is 4.74 Å². The molecule has 2 N–H and O–H groups in total. The first-order chi connectivity index (χ1) is 13.2. The quantitative estimate of drug-likeness (QED) is 0.726. The van der Waals surface area contributed by atoms with E-state index in [1.54, 1.807) is 7.11 Å². The van der Waals surface area contributed by atoms with Crippen molar-refractivity contribution in [2.75, 3.05) is 37.0 Å². The highest BCUT2D eigenvalue weighted by molar-refractivity contribution is 5.89. The van der Waals surface area contributed by atoms with E-state index < -0.39 is 0 Å². The van der Waals surface area contributed by atoms with Gasteiger partial charge in [-0.05, 0) is 55.5 Å². The van der Waals surface area contributed by atoms with Crippen LogP contribution >= 0.6 is 0 Å². The Morgan fingerprint density at radius 2 is 1.93 bits per heavy atom. The van der Waals surface area contributed by atoms with Crippen LogP contribution in [0.4, 0.5) is 16.2 Å². The lowest BCUT2D eigenvalue weighted by atomic mass is 10.1. The van der Waals surface area contributed by atoms with Gasteiger partial charge in [0.05, 0.1) is 6.10 Å². The molecule has 1 aliphatic heterocycles. The van der Waals surface area contributed by atoms with Gasteiger partial charge in [-0.3, -0.25) is 0 Å². The Bertz CT molecular complexity index is 703. The monoisotopic (exact) mass is 367 g/mol. The van der Waals surface area contributed by atoms with Gasteiger partial charge in [-0.1, -0.05) is 30.3 Å². The van der Waals surface area contributed by atoms with Crippen LogP contribution in [0.5, 0.6) is 0 Å². The first-order valence-electron chi connectivity index (χ1n) is 9.71. The maximum absolute atomic E-state index is 12.0. The molecule has 2 aromatic carbocycles. The molecular formula is C22H29N3O2. The molecule has 1 heterocycles. The van der Waals surface area contributed by atoms with Crippen LogP contribution in [-0.4, -0.2) is 38.9 Å². The van der Waals surface area contributed by atoms with E-state index >= 15 is 0 Å². The van der Waals surface area contributed by atoms with E-state index in [0.29, 0.717) is 12.6 Å². The highest BCUT2D eigenvalue weighted by Crippen LogP contribution is 2.22. The van der Waals surface area contributed by atoms with Crippen molar-refractivity contribution in [3.05, 3.63) is 60.2 Å². The Balaban J connectivity index is 1.40. The zero-order valence-electron chi connectivity index (χ0n) is 16.0. The van der Waals surface area contributed by atoms with Gasteiger partial charge >= 0.3 is 6.03 Å². The van der Waals surface area contributed by atoms with Crippen molar-refractivity contribution in [1.29, 1.82) is 0 Å². The summed E-state index contributed by atoms with van der Waals surface area (Å²) in [5, 5.41) is 5.81. The Hall–Kier alpha value is -2.53. The van der Waals surface area contributed by atoms with Crippen LogP contribution in [0.3, 0.4) is 0 Å². The summed E-state index contributed by atoms with van der Waals surface area (Å²) < 4.78 is 5.49. The SMILES string of the molecule is COC1CCCN(c2ccc(NC(=O)NCCCc3ccccc3)cc2)C1. The molecule has 0 bridgehead atoms. The summed E-state index contributed by atoms with van der Waals surface area (Å²) in [6, 6.07) is 18.2. The summed E-state index contributed by atoms with van der Waals surface area (Å²) in [4.78, 5) is 14.4. The average molecular weight is 367 g/mol. The number of urea groups is 1. The number of hydrogen-bond donors (Lipinski definition) is 2. The molecule has 0 spiro atoms. The largest absolute Gasteiger partial charge is 0.380 e. The Kier molecular flexibility index (Phi) is 7.11. The van der Waals surface area contributed by atoms with Gasteiger partial charge in [-0.25, -0.2) is 4.79 Å². The Morgan fingerprint density at radius 1 is 1.15 bits per heavy atom. The topological polar surface area (TPSA) is 53.6 Å². The number of nitrogens with zero attached hydrogens (tertiary/aromatic N) is 1. The maximum Gasteiger partial charge on any atom is 0.319 e. The molecule has 0 saturated carbocycles. The van der Waals surface area contributed by atoms with Crippen molar-refractivity contribution in [3.8, 4) is 0 Å². The number of piperidine rings is 1. The van der Waals surface area contributed by atoms with Crippen molar-refractivity contribution >= 4 is 17.4 Å². The van der Waals surface area contributed by atoms with Crippen molar-refractivity contribution < 1.29 is 9.53 Å². The smallest absolute Gasteiger partial charge is 0.319 e. The van der Waals surface area contributed by atoms with Crippen LogP contribution in [0.25, 0.3) is 0 Å². The number of hydrogen-bond acceptors (Lipinski definition) is 3. The molecule has 1 saturated heterocycles. The van der Waals surface area contributed by atoms with Crippen LogP contribution in [-0.2, 0) is 11.2 Å². The summed E-state index contributed by atoms with van der Waals surface area (Å²) >= 11 is 0. The zero-order chi connectivity index (χ0) is 18.9. The number of rotatable bonds is 7. The standard InChI is InChI=1S/C22H29N3O2/c1-27-21-10-6-16-25(17-21)20-13-11-19(12-14-20)24-22(26)23-15-5-9-18-7-3-2-4-8-18/h2-4,7-8,11-14,21H,5-6,9-10,15-17H2,1H3,(H2,23,24,26). The zero-order valence-corrected chi connectivity index (χ0v) is 16.0. The van der Waals surface area contributed by atoms with Gasteiger partial charge in [0, 0.05) is 38.1 Å². The van der Waals surface area contributed by atoms with Crippen LogP contribution < -0.4 is 15.5 Å². The highest BCUT2D eigenvalue weighted by Gasteiger charge is 2.19. The third kappa shape index (κ3) is 6.00. The van der Waals surface area contributed by atoms with Crippen LogP contribution in [0.2, 0.25) is 0 Å². The van der Waals surface area contributed by atoms with E-state index in [2.05, 4.69) is 39.8 Å². The fraction of sp³-hybridized carbons (Fsp3) is 0.409. The van der Waals surface area contributed by atoms with Gasteiger partial charge in [0.1, 0.15) is 0 Å². The van der Waals surface area contributed by atoms with Crippen molar-refractivity contribution in [2.24, 2.45) is 0 Å². The predicted octanol–water partition coefficient (Wildman–Crippen LogP) is 4.06. The minimum atomic E-state index is -0.159. The predicted molar refractivity (Wildman–Crippen MR) is 110 cm³/mol. The summed E-state index contributed by atoms with van der Waals surface area (Å²) in [6.45, 7) is 2.63. The molecule has 1 atom stereocenters. The number of ether oxygens (including phenoxy) is 1. The molecular weight excluding hydrogens is 338 g/mol. The van der Waals surface area contributed by atoms with Gasteiger partial charge in [-0.15, -0.1) is 0 Å². The molecule has 0 aliphatic carbocycles. The van der Waals surface area contributed by atoms with E-state index in [-0.39, 0.29) is 6.03 Å². The number of carbonyl (C=O) groups excluding carboxylic acids is 1. The highest BCUT2D eigenvalue weighted by atomic mass is 16.5. The number of amides is 2. The molecule has 1 fully saturated rings. The summed E-state index contributed by atoms with van der Waals surface area (Å²) in [5.74, 6) is 0. The fourth-order valence-electron chi connectivity index (χ4n) is 3.44. The summed E-state index contributed by atoms with van der Waals surface area (Å²) in [5.41, 5.74) is 3.27. The number of aryl methyl sites for hydroxylation is 1. The Labute approximate surface area is 161 Å². The number of anilines is 2. The number of methoxy groups -OCH3 is 1. The first kappa shape index (κ1) is 19.2. The lowest BCUT2D eigenvalue weighted by molar-refractivity contribution is 0.0893. The van der Waals surface area contributed by atoms with E-state index in [0.717, 1.165) is 44.5 Å². The number of nitrogens with one attached hydrogen (secondary N) is 2. The maximum atomic E-state index is 12.0. The van der Waals surface area contributed by atoms with Crippen molar-refractivity contribution in [1.82, 2.24) is 5.32 Å². The lowest BCUT2D eigenvalue weighted by Crippen LogP contribution is -2.39. The number of benzene rings is 2. The molecule has 1 unspecified atom stereocenters. The molecule has 2 aromatic rings. The van der Waals surface area contributed by atoms with Gasteiger partial charge in [-0.2, -0.15) is 0 Å². The van der Waals surface area contributed by atoms with Gasteiger partial charge in [0.15, 0.2) is 0 Å². The number of carbonyl (C=O) groups is 1. The molecule has 2 amide bonds. The normalized spacial score (nSPS) is 16.8. The van der Waals surface area contributed by atoms with Gasteiger partial charge < -0.3 is 20.3 Å². The van der Waals surface area contributed by atoms with Crippen LogP contribution in [0.1, 0.15) is 24.8 Å². The molecule has 1 aliphatic rings. The van der Waals surface area contributed by atoms with Crippen LogP contribution in [0.15, 0.2) is 54.6 Å². The fourth-order valence-corrected chi connectivity index (χ4v) is 3.44. The third-order valence-corrected chi connectivity index (χ3v) is 4.97. The first-order valence-corrected chi connectivity index (χ1v) is 9.71. The lowest BCUT2D eigenvalue weighted by Gasteiger charge is -2.33. The second-order valence-electron chi connectivity index (χ2n) is 6.96. The van der Waals surface area contributed by atoms with Crippen molar-refractivity contribution in [3.63, 3.8) is 0 Å². The minimum Gasteiger partial charge on any atom is -0.380 e. The summed E-state index contributed by atoms with van der Waals surface area (Å²) in [6.07, 6.45) is 4.46. The molecule has 5 nitrogen and oxygen atoms in total. The molecule has 5 heteroatoms. The van der Waals surface area contributed by atoms with Crippen molar-refractivity contribution in [2.45, 2.75) is 31.8 Å².